The van der Waals surface area contributed by atoms with Crippen LogP contribution in [0.15, 0.2) is 65.5 Å². The van der Waals surface area contributed by atoms with Crippen molar-refractivity contribution in [2.24, 2.45) is 0 Å². The molecule has 0 spiro atoms. The summed E-state index contributed by atoms with van der Waals surface area (Å²) in [5.41, 5.74) is 2.71. The predicted molar refractivity (Wildman–Crippen MR) is 86.1 cm³/mol. The number of Topliss-reactive ketones (excluding diaryl/α,β-unsaturated/α-hetero) is 1. The molecule has 1 N–H and O–H groups in total. The van der Waals surface area contributed by atoms with Gasteiger partial charge in [0.15, 0.2) is 12.2 Å². The largest absolute Gasteiger partial charge is 0.444 e. The summed E-state index contributed by atoms with van der Waals surface area (Å²) in [6.45, 7) is 1.90. The number of oxazole rings is 1. The standard InChI is InChI=1S/C18H14N2O3/c1-12-9-14(7-8-15(12)16-10-19-11-23-16)20-18(22)17(21)13-5-3-2-4-6-13/h2-11H,1H3,(H,20,22). The smallest absolute Gasteiger partial charge is 0.296 e. The van der Waals surface area contributed by atoms with Crippen LogP contribution >= 0.6 is 0 Å². The molecule has 1 aromatic heterocycles. The van der Waals surface area contributed by atoms with E-state index in [0.29, 0.717) is 17.0 Å². The predicted octanol–water partition coefficient (Wildman–Crippen LogP) is 3.47. The highest BCUT2D eigenvalue weighted by molar-refractivity contribution is 6.46. The quantitative estimate of drug-likeness (QED) is 0.591. The number of carbonyl (C=O) groups is 2. The van der Waals surface area contributed by atoms with E-state index in [9.17, 15) is 9.59 Å². The monoisotopic (exact) mass is 306 g/mol. The lowest BCUT2D eigenvalue weighted by atomic mass is 10.1. The molecule has 2 aromatic carbocycles. The summed E-state index contributed by atoms with van der Waals surface area (Å²) in [6, 6.07) is 13.8. The van der Waals surface area contributed by atoms with Gasteiger partial charge in [0.25, 0.3) is 11.7 Å². The molecule has 3 rings (SSSR count). The first-order valence-corrected chi connectivity index (χ1v) is 7.05. The zero-order valence-electron chi connectivity index (χ0n) is 12.4. The van der Waals surface area contributed by atoms with Crippen molar-refractivity contribution in [1.82, 2.24) is 4.98 Å². The number of hydrogen-bond acceptors (Lipinski definition) is 4. The molecule has 0 bridgehead atoms. The minimum atomic E-state index is -0.664. The van der Waals surface area contributed by atoms with Crippen molar-refractivity contribution in [2.75, 3.05) is 5.32 Å². The van der Waals surface area contributed by atoms with Gasteiger partial charge in [-0.05, 0) is 30.7 Å². The van der Waals surface area contributed by atoms with E-state index in [1.165, 1.54) is 6.39 Å². The molecule has 0 aliphatic carbocycles. The molecule has 0 saturated heterocycles. The summed E-state index contributed by atoms with van der Waals surface area (Å²) in [7, 11) is 0. The Kier molecular flexibility index (Phi) is 4.01. The third-order valence-electron chi connectivity index (χ3n) is 3.42. The van der Waals surface area contributed by atoms with E-state index in [4.69, 9.17) is 4.42 Å². The fourth-order valence-electron chi connectivity index (χ4n) is 2.28. The van der Waals surface area contributed by atoms with Crippen LogP contribution in [0.25, 0.3) is 11.3 Å². The van der Waals surface area contributed by atoms with E-state index in [0.717, 1.165) is 11.1 Å². The fourth-order valence-corrected chi connectivity index (χ4v) is 2.28. The molecular weight excluding hydrogens is 292 g/mol. The first-order chi connectivity index (χ1) is 11.1. The van der Waals surface area contributed by atoms with E-state index in [-0.39, 0.29) is 0 Å². The van der Waals surface area contributed by atoms with Crippen molar-refractivity contribution in [2.45, 2.75) is 6.92 Å². The van der Waals surface area contributed by atoms with E-state index in [1.54, 1.807) is 48.7 Å². The van der Waals surface area contributed by atoms with Crippen molar-refractivity contribution < 1.29 is 14.0 Å². The van der Waals surface area contributed by atoms with Gasteiger partial charge in [0.1, 0.15) is 0 Å². The number of benzene rings is 2. The van der Waals surface area contributed by atoms with Gasteiger partial charge in [-0.25, -0.2) is 4.98 Å². The second kappa shape index (κ2) is 6.27. The highest BCUT2D eigenvalue weighted by atomic mass is 16.3. The minimum absolute atomic E-state index is 0.361. The number of aromatic nitrogens is 1. The average Bonchev–Trinajstić information content (AvgIpc) is 3.09. The van der Waals surface area contributed by atoms with Crippen molar-refractivity contribution in [1.29, 1.82) is 0 Å². The molecule has 0 aliphatic rings. The molecule has 0 aliphatic heterocycles. The maximum atomic E-state index is 12.1. The second-order valence-corrected chi connectivity index (χ2v) is 5.04. The van der Waals surface area contributed by atoms with E-state index in [2.05, 4.69) is 10.3 Å². The highest BCUT2D eigenvalue weighted by Gasteiger charge is 2.16. The Morgan fingerprint density at radius 3 is 2.52 bits per heavy atom. The Hall–Kier alpha value is -3.21. The molecule has 0 saturated carbocycles. The number of amides is 1. The lowest BCUT2D eigenvalue weighted by Crippen LogP contribution is -2.22. The van der Waals surface area contributed by atoms with Gasteiger partial charge < -0.3 is 9.73 Å². The summed E-state index contributed by atoms with van der Waals surface area (Å²) in [5, 5.41) is 2.62. The summed E-state index contributed by atoms with van der Waals surface area (Å²) in [6.07, 6.45) is 2.99. The molecule has 1 heterocycles. The van der Waals surface area contributed by atoms with Gasteiger partial charge in [-0.2, -0.15) is 0 Å². The molecule has 1 amide bonds. The van der Waals surface area contributed by atoms with Gasteiger partial charge in [0.2, 0.25) is 0 Å². The van der Waals surface area contributed by atoms with Crippen LogP contribution < -0.4 is 5.32 Å². The number of anilines is 1. The molecule has 114 valence electrons. The molecule has 5 heteroatoms. The Morgan fingerprint density at radius 1 is 1.09 bits per heavy atom. The molecular formula is C18H14N2O3. The van der Waals surface area contributed by atoms with E-state index in [1.807, 2.05) is 13.0 Å². The summed E-state index contributed by atoms with van der Waals surface area (Å²) in [4.78, 5) is 28.0. The molecule has 0 fully saturated rings. The van der Waals surface area contributed by atoms with Crippen LogP contribution in [0.3, 0.4) is 0 Å². The Morgan fingerprint density at radius 2 is 1.87 bits per heavy atom. The van der Waals surface area contributed by atoms with Crippen molar-refractivity contribution >= 4 is 17.4 Å². The Labute approximate surface area is 133 Å². The highest BCUT2D eigenvalue weighted by Crippen LogP contribution is 2.25. The van der Waals surface area contributed by atoms with Crippen molar-refractivity contribution in [3.8, 4) is 11.3 Å². The summed E-state index contributed by atoms with van der Waals surface area (Å²) in [5.74, 6) is -0.577. The van der Waals surface area contributed by atoms with Crippen molar-refractivity contribution in [3.63, 3.8) is 0 Å². The topological polar surface area (TPSA) is 72.2 Å². The van der Waals surface area contributed by atoms with Crippen LogP contribution in [-0.4, -0.2) is 16.7 Å². The van der Waals surface area contributed by atoms with Gasteiger partial charge in [0, 0.05) is 16.8 Å². The van der Waals surface area contributed by atoms with E-state index < -0.39 is 11.7 Å². The summed E-state index contributed by atoms with van der Waals surface area (Å²) < 4.78 is 5.26. The van der Waals surface area contributed by atoms with Crippen LogP contribution in [0.2, 0.25) is 0 Å². The number of carbonyl (C=O) groups excluding carboxylic acids is 2. The first-order valence-electron chi connectivity index (χ1n) is 7.05. The van der Waals surface area contributed by atoms with Crippen LogP contribution in [0, 0.1) is 6.92 Å². The van der Waals surface area contributed by atoms with Crippen LogP contribution in [0.1, 0.15) is 15.9 Å². The summed E-state index contributed by atoms with van der Waals surface area (Å²) >= 11 is 0. The average molecular weight is 306 g/mol. The third kappa shape index (κ3) is 3.18. The number of rotatable bonds is 4. The number of hydrogen-bond donors (Lipinski definition) is 1. The molecule has 23 heavy (non-hydrogen) atoms. The molecule has 0 radical (unpaired) electrons. The number of nitrogens with zero attached hydrogens (tertiary/aromatic N) is 1. The molecule has 5 nitrogen and oxygen atoms in total. The number of aryl methyl sites for hydroxylation is 1. The Bertz CT molecular complexity index is 840. The van der Waals surface area contributed by atoms with Crippen LogP contribution in [0.4, 0.5) is 5.69 Å². The Balaban J connectivity index is 1.77. The van der Waals surface area contributed by atoms with Gasteiger partial charge in [-0.1, -0.05) is 30.3 Å². The normalized spacial score (nSPS) is 10.3. The lowest BCUT2D eigenvalue weighted by Gasteiger charge is -2.08. The number of nitrogens with one attached hydrogen (secondary N) is 1. The molecule has 3 aromatic rings. The zero-order valence-corrected chi connectivity index (χ0v) is 12.4. The SMILES string of the molecule is Cc1cc(NC(=O)C(=O)c2ccccc2)ccc1-c1cnco1. The minimum Gasteiger partial charge on any atom is -0.444 e. The van der Waals surface area contributed by atoms with Gasteiger partial charge in [-0.15, -0.1) is 0 Å². The van der Waals surface area contributed by atoms with Gasteiger partial charge >= 0.3 is 0 Å². The maximum absolute atomic E-state index is 12.1. The second-order valence-electron chi connectivity index (χ2n) is 5.04. The van der Waals surface area contributed by atoms with Crippen molar-refractivity contribution in [3.05, 3.63) is 72.2 Å². The molecule has 0 atom stereocenters. The number of ketones is 1. The lowest BCUT2D eigenvalue weighted by molar-refractivity contribution is -0.112. The van der Waals surface area contributed by atoms with Gasteiger partial charge in [0.05, 0.1) is 6.20 Å². The first kappa shape index (κ1) is 14.7. The maximum Gasteiger partial charge on any atom is 0.296 e. The fraction of sp³-hybridized carbons (Fsp3) is 0.0556. The zero-order chi connectivity index (χ0) is 16.2. The van der Waals surface area contributed by atoms with Crippen LogP contribution in [0.5, 0.6) is 0 Å². The molecule has 0 unspecified atom stereocenters. The van der Waals surface area contributed by atoms with Crippen LogP contribution in [-0.2, 0) is 4.79 Å². The van der Waals surface area contributed by atoms with E-state index >= 15 is 0 Å². The van der Waals surface area contributed by atoms with Gasteiger partial charge in [-0.3, -0.25) is 9.59 Å². The third-order valence-corrected chi connectivity index (χ3v) is 3.42.